The molecule has 16 heavy (non-hydrogen) atoms. The van der Waals surface area contributed by atoms with Crippen molar-refractivity contribution >= 4 is 21.8 Å². The van der Waals surface area contributed by atoms with Crippen molar-refractivity contribution in [2.45, 2.75) is 0 Å². The monoisotopic (exact) mass is 281 g/mol. The van der Waals surface area contributed by atoms with Gasteiger partial charge in [-0.1, -0.05) is 28.1 Å². The number of nitrogens with two attached hydrogens (primary N) is 1. The van der Waals surface area contributed by atoms with Crippen LogP contribution < -0.4 is 11.3 Å². The number of carbonyl (C=O) groups is 1. The van der Waals surface area contributed by atoms with Crippen molar-refractivity contribution < 1.29 is 9.21 Å². The average Bonchev–Trinajstić information content (AvgIpc) is 2.78. The van der Waals surface area contributed by atoms with Crippen LogP contribution in [0.4, 0.5) is 0 Å². The lowest BCUT2D eigenvalue weighted by atomic mass is 10.1. The standard InChI is InChI=1S/C10H8BrN3O2/c11-7-3-1-6(2-4-7)9-8(10(15)14-12)13-5-16-9/h1-5H,12H2,(H,14,15). The number of hydrogen-bond acceptors (Lipinski definition) is 4. The van der Waals surface area contributed by atoms with Gasteiger partial charge in [0.2, 0.25) is 0 Å². The summed E-state index contributed by atoms with van der Waals surface area (Å²) in [5.41, 5.74) is 2.95. The molecular formula is C10H8BrN3O2. The number of amides is 1. The minimum Gasteiger partial charge on any atom is -0.443 e. The molecule has 0 spiro atoms. The third-order valence-electron chi connectivity index (χ3n) is 2.02. The van der Waals surface area contributed by atoms with E-state index < -0.39 is 5.91 Å². The van der Waals surface area contributed by atoms with Gasteiger partial charge in [-0.25, -0.2) is 10.8 Å². The molecule has 0 unspecified atom stereocenters. The lowest BCUT2D eigenvalue weighted by Crippen LogP contribution is -2.30. The Labute approximate surface area is 99.8 Å². The van der Waals surface area contributed by atoms with Gasteiger partial charge in [-0.05, 0) is 12.1 Å². The fraction of sp³-hybridized carbons (Fsp3) is 0. The number of halogens is 1. The Hall–Kier alpha value is -1.66. The fourth-order valence-electron chi connectivity index (χ4n) is 1.28. The molecule has 1 aromatic carbocycles. The van der Waals surface area contributed by atoms with Gasteiger partial charge >= 0.3 is 0 Å². The van der Waals surface area contributed by atoms with Crippen molar-refractivity contribution in [1.29, 1.82) is 0 Å². The number of carbonyl (C=O) groups excluding carboxylic acids is 1. The van der Waals surface area contributed by atoms with Crippen LogP contribution in [-0.2, 0) is 0 Å². The van der Waals surface area contributed by atoms with Crippen LogP contribution in [0, 0.1) is 0 Å². The number of aromatic nitrogens is 1. The molecule has 0 aliphatic carbocycles. The van der Waals surface area contributed by atoms with Crippen molar-refractivity contribution in [1.82, 2.24) is 10.4 Å². The van der Waals surface area contributed by atoms with Gasteiger partial charge in [0.1, 0.15) is 0 Å². The normalized spacial score (nSPS) is 10.1. The van der Waals surface area contributed by atoms with Crippen LogP contribution in [0.2, 0.25) is 0 Å². The Morgan fingerprint density at radius 3 is 2.69 bits per heavy atom. The first-order valence-electron chi connectivity index (χ1n) is 4.42. The summed E-state index contributed by atoms with van der Waals surface area (Å²) in [6.45, 7) is 0. The van der Waals surface area contributed by atoms with E-state index in [9.17, 15) is 4.79 Å². The first kappa shape index (κ1) is 10.8. The molecule has 1 heterocycles. The molecule has 1 amide bonds. The second kappa shape index (κ2) is 4.46. The number of oxazole rings is 1. The summed E-state index contributed by atoms with van der Waals surface area (Å²) in [4.78, 5) is 15.2. The molecule has 0 saturated heterocycles. The smallest absolute Gasteiger partial charge is 0.287 e. The van der Waals surface area contributed by atoms with E-state index in [-0.39, 0.29) is 5.69 Å². The van der Waals surface area contributed by atoms with E-state index in [2.05, 4.69) is 20.9 Å². The number of nitrogen functional groups attached to an aromatic ring is 1. The molecule has 0 saturated carbocycles. The SMILES string of the molecule is NNC(=O)c1ncoc1-c1ccc(Br)cc1. The van der Waals surface area contributed by atoms with E-state index in [1.165, 1.54) is 6.39 Å². The minimum absolute atomic E-state index is 0.171. The molecule has 0 radical (unpaired) electrons. The zero-order chi connectivity index (χ0) is 11.5. The summed E-state index contributed by atoms with van der Waals surface area (Å²) < 4.78 is 6.12. The third kappa shape index (κ3) is 1.98. The first-order chi connectivity index (χ1) is 7.72. The first-order valence-corrected chi connectivity index (χ1v) is 5.22. The number of hydrazine groups is 1. The largest absolute Gasteiger partial charge is 0.443 e. The molecular weight excluding hydrogens is 274 g/mol. The molecule has 5 nitrogen and oxygen atoms in total. The van der Waals surface area contributed by atoms with E-state index in [1.807, 2.05) is 29.7 Å². The molecule has 2 rings (SSSR count). The van der Waals surface area contributed by atoms with E-state index in [1.54, 1.807) is 0 Å². The van der Waals surface area contributed by atoms with Gasteiger partial charge < -0.3 is 4.42 Å². The van der Waals surface area contributed by atoms with Gasteiger partial charge in [0, 0.05) is 10.0 Å². The van der Waals surface area contributed by atoms with E-state index >= 15 is 0 Å². The summed E-state index contributed by atoms with van der Waals surface area (Å²) in [6.07, 6.45) is 1.21. The van der Waals surface area contributed by atoms with Crippen molar-refractivity contribution in [2.75, 3.05) is 0 Å². The van der Waals surface area contributed by atoms with E-state index in [0.29, 0.717) is 5.76 Å². The molecule has 0 aliphatic heterocycles. The molecule has 2 aromatic rings. The molecule has 0 atom stereocenters. The number of benzene rings is 1. The highest BCUT2D eigenvalue weighted by molar-refractivity contribution is 9.10. The van der Waals surface area contributed by atoms with Crippen LogP contribution in [0.25, 0.3) is 11.3 Å². The van der Waals surface area contributed by atoms with Gasteiger partial charge in [-0.15, -0.1) is 0 Å². The number of nitrogens with one attached hydrogen (secondary N) is 1. The van der Waals surface area contributed by atoms with E-state index in [4.69, 9.17) is 10.3 Å². The molecule has 0 aliphatic rings. The highest BCUT2D eigenvalue weighted by Crippen LogP contribution is 2.24. The van der Waals surface area contributed by atoms with Gasteiger partial charge in [0.25, 0.3) is 5.91 Å². The van der Waals surface area contributed by atoms with Crippen LogP contribution in [0.15, 0.2) is 39.5 Å². The zero-order valence-corrected chi connectivity index (χ0v) is 9.69. The maximum absolute atomic E-state index is 11.4. The Bertz CT molecular complexity index is 507. The van der Waals surface area contributed by atoms with Crippen molar-refractivity contribution in [3.05, 3.63) is 40.8 Å². The van der Waals surface area contributed by atoms with Crippen molar-refractivity contribution in [3.8, 4) is 11.3 Å². The molecule has 82 valence electrons. The van der Waals surface area contributed by atoms with Crippen LogP contribution in [0.5, 0.6) is 0 Å². The average molecular weight is 282 g/mol. The minimum atomic E-state index is -0.480. The Kier molecular flexibility index (Phi) is 3.02. The molecule has 6 heteroatoms. The second-order valence-electron chi connectivity index (χ2n) is 3.01. The highest BCUT2D eigenvalue weighted by atomic mass is 79.9. The maximum Gasteiger partial charge on any atom is 0.287 e. The molecule has 1 aromatic heterocycles. The summed E-state index contributed by atoms with van der Waals surface area (Å²) in [5.74, 6) is 4.96. The fourth-order valence-corrected chi connectivity index (χ4v) is 1.55. The number of rotatable bonds is 2. The van der Waals surface area contributed by atoms with Gasteiger partial charge in [-0.3, -0.25) is 10.2 Å². The topological polar surface area (TPSA) is 81.1 Å². The quantitative estimate of drug-likeness (QED) is 0.499. The van der Waals surface area contributed by atoms with Gasteiger partial charge in [0.15, 0.2) is 17.8 Å². The Balaban J connectivity index is 2.44. The van der Waals surface area contributed by atoms with Gasteiger partial charge in [0.05, 0.1) is 0 Å². The summed E-state index contributed by atoms with van der Waals surface area (Å²) >= 11 is 3.32. The lowest BCUT2D eigenvalue weighted by Gasteiger charge is -2.00. The summed E-state index contributed by atoms with van der Waals surface area (Å²) in [7, 11) is 0. The summed E-state index contributed by atoms with van der Waals surface area (Å²) in [5, 5.41) is 0. The Morgan fingerprint density at radius 1 is 1.38 bits per heavy atom. The third-order valence-corrected chi connectivity index (χ3v) is 2.55. The number of nitrogens with zero attached hydrogens (tertiary/aromatic N) is 1. The molecule has 0 fully saturated rings. The molecule has 0 bridgehead atoms. The maximum atomic E-state index is 11.4. The van der Waals surface area contributed by atoms with Crippen molar-refractivity contribution in [2.24, 2.45) is 5.84 Å². The summed E-state index contributed by atoms with van der Waals surface area (Å²) in [6, 6.07) is 7.33. The van der Waals surface area contributed by atoms with E-state index in [0.717, 1.165) is 10.0 Å². The molecule has 3 N–H and O–H groups in total. The predicted molar refractivity (Wildman–Crippen MR) is 61.3 cm³/mol. The highest BCUT2D eigenvalue weighted by Gasteiger charge is 2.16. The second-order valence-corrected chi connectivity index (χ2v) is 3.93. The Morgan fingerprint density at radius 2 is 2.06 bits per heavy atom. The zero-order valence-electron chi connectivity index (χ0n) is 8.11. The van der Waals surface area contributed by atoms with Crippen LogP contribution in [0.1, 0.15) is 10.5 Å². The van der Waals surface area contributed by atoms with Crippen LogP contribution >= 0.6 is 15.9 Å². The predicted octanol–water partition coefficient (Wildman–Crippen LogP) is 1.71. The van der Waals surface area contributed by atoms with Crippen LogP contribution in [0.3, 0.4) is 0 Å². The van der Waals surface area contributed by atoms with Crippen molar-refractivity contribution in [3.63, 3.8) is 0 Å². The van der Waals surface area contributed by atoms with Gasteiger partial charge in [-0.2, -0.15) is 0 Å². The van der Waals surface area contributed by atoms with Crippen LogP contribution in [-0.4, -0.2) is 10.9 Å². The number of hydrogen-bond donors (Lipinski definition) is 2. The lowest BCUT2D eigenvalue weighted by molar-refractivity contribution is 0.0949.